The first-order chi connectivity index (χ1) is 10.1. The molecule has 4 nitrogen and oxygen atoms in total. The molecule has 3 aromatic rings. The summed E-state index contributed by atoms with van der Waals surface area (Å²) in [6, 6.07) is 11.1. The van der Waals surface area contributed by atoms with E-state index in [0.717, 1.165) is 15.1 Å². The molecule has 0 bridgehead atoms. The average molecular weight is 339 g/mol. The van der Waals surface area contributed by atoms with Gasteiger partial charge in [0.2, 0.25) is 0 Å². The van der Waals surface area contributed by atoms with Crippen LogP contribution in [0.5, 0.6) is 0 Å². The van der Waals surface area contributed by atoms with Crippen LogP contribution in [0.2, 0.25) is 4.34 Å². The van der Waals surface area contributed by atoms with Gasteiger partial charge in [0.25, 0.3) is 5.91 Å². The fourth-order valence-corrected chi connectivity index (χ4v) is 3.77. The highest BCUT2D eigenvalue weighted by molar-refractivity contribution is 7.20. The summed E-state index contributed by atoms with van der Waals surface area (Å²) in [5.41, 5.74) is 0.804. The molecule has 0 radical (unpaired) electrons. The van der Waals surface area contributed by atoms with Crippen LogP contribution in [0.25, 0.3) is 10.2 Å². The van der Waals surface area contributed by atoms with Crippen LogP contribution < -0.4 is 5.32 Å². The summed E-state index contributed by atoms with van der Waals surface area (Å²) in [7, 11) is 0. The number of hydrogen-bond acceptors (Lipinski definition) is 5. The van der Waals surface area contributed by atoms with Gasteiger partial charge in [-0.1, -0.05) is 23.7 Å². The third kappa shape index (κ3) is 3.24. The van der Waals surface area contributed by atoms with E-state index >= 15 is 0 Å². The Morgan fingerprint density at radius 2 is 2.10 bits per heavy atom. The number of rotatable bonds is 4. The second-order valence-electron chi connectivity index (χ2n) is 4.35. The van der Waals surface area contributed by atoms with Crippen molar-refractivity contribution in [1.29, 1.82) is 0 Å². The number of amides is 1. The fraction of sp³-hybridized carbons (Fsp3) is 0.143. The van der Waals surface area contributed by atoms with E-state index in [-0.39, 0.29) is 12.5 Å². The van der Waals surface area contributed by atoms with Gasteiger partial charge in [-0.05, 0) is 24.3 Å². The Bertz CT molecular complexity index is 751. The minimum Gasteiger partial charge on any atom is -0.386 e. The van der Waals surface area contributed by atoms with Gasteiger partial charge in [-0.3, -0.25) is 4.79 Å². The van der Waals surface area contributed by atoms with E-state index in [2.05, 4.69) is 10.3 Å². The van der Waals surface area contributed by atoms with Crippen LogP contribution in [0.15, 0.2) is 36.4 Å². The first kappa shape index (κ1) is 14.5. The lowest BCUT2D eigenvalue weighted by Gasteiger charge is -2.08. The molecule has 2 heterocycles. The highest BCUT2D eigenvalue weighted by Crippen LogP contribution is 2.26. The highest BCUT2D eigenvalue weighted by Gasteiger charge is 2.15. The van der Waals surface area contributed by atoms with Gasteiger partial charge in [0.05, 0.1) is 14.6 Å². The monoisotopic (exact) mass is 338 g/mol. The highest BCUT2D eigenvalue weighted by atomic mass is 35.5. The molecule has 0 saturated carbocycles. The van der Waals surface area contributed by atoms with Crippen LogP contribution in [-0.2, 0) is 0 Å². The number of aliphatic hydroxyl groups excluding tert-OH is 1. The van der Waals surface area contributed by atoms with Crippen molar-refractivity contribution in [2.75, 3.05) is 6.54 Å². The molecule has 1 amide bonds. The lowest BCUT2D eigenvalue weighted by molar-refractivity contribution is 0.0918. The molecule has 0 aliphatic carbocycles. The van der Waals surface area contributed by atoms with E-state index < -0.39 is 6.10 Å². The smallest absolute Gasteiger partial charge is 0.280 e. The van der Waals surface area contributed by atoms with Crippen molar-refractivity contribution in [3.05, 3.63) is 50.6 Å². The molecule has 2 N–H and O–H groups in total. The van der Waals surface area contributed by atoms with E-state index in [4.69, 9.17) is 11.6 Å². The summed E-state index contributed by atoms with van der Waals surface area (Å²) in [5.74, 6) is -0.280. The average Bonchev–Trinajstić information content (AvgIpc) is 3.10. The summed E-state index contributed by atoms with van der Waals surface area (Å²) >= 11 is 8.45. The number of aliphatic hydroxyl groups is 1. The standard InChI is InChI=1S/C14H11ClN2O2S2/c15-12-6-5-11(20-12)9(18)7-16-13(19)14-17-8-3-1-2-4-10(8)21-14/h1-6,9,18H,7H2,(H,16,19). The van der Waals surface area contributed by atoms with Crippen LogP contribution in [0.3, 0.4) is 0 Å². The Kier molecular flexibility index (Phi) is 4.21. The van der Waals surface area contributed by atoms with Gasteiger partial charge in [-0.25, -0.2) is 4.98 Å². The van der Waals surface area contributed by atoms with Crippen molar-refractivity contribution < 1.29 is 9.90 Å². The lowest BCUT2D eigenvalue weighted by Crippen LogP contribution is -2.27. The zero-order chi connectivity index (χ0) is 14.8. The molecule has 7 heteroatoms. The number of nitrogens with one attached hydrogen (secondary N) is 1. The molecule has 0 fully saturated rings. The number of carbonyl (C=O) groups excluding carboxylic acids is 1. The quantitative estimate of drug-likeness (QED) is 0.765. The third-order valence-electron chi connectivity index (χ3n) is 2.87. The molecule has 0 spiro atoms. The Balaban J connectivity index is 1.66. The number of thiazole rings is 1. The second-order valence-corrected chi connectivity index (χ2v) is 7.13. The van der Waals surface area contributed by atoms with E-state index in [1.807, 2.05) is 24.3 Å². The molecule has 1 aromatic carbocycles. The molecule has 21 heavy (non-hydrogen) atoms. The molecular weight excluding hydrogens is 328 g/mol. The first-order valence-corrected chi connectivity index (χ1v) is 8.21. The summed E-state index contributed by atoms with van der Waals surface area (Å²) in [5, 5.41) is 13.1. The molecule has 0 aliphatic heterocycles. The molecular formula is C14H11ClN2O2S2. The minimum atomic E-state index is -0.763. The number of para-hydroxylation sites is 1. The number of halogens is 1. The largest absolute Gasteiger partial charge is 0.386 e. The van der Waals surface area contributed by atoms with E-state index in [1.165, 1.54) is 22.7 Å². The molecule has 1 atom stereocenters. The number of thiophene rings is 1. The van der Waals surface area contributed by atoms with Gasteiger partial charge in [0, 0.05) is 11.4 Å². The van der Waals surface area contributed by atoms with Crippen molar-refractivity contribution in [2.45, 2.75) is 6.10 Å². The molecule has 3 rings (SSSR count). The van der Waals surface area contributed by atoms with Gasteiger partial charge in [0.15, 0.2) is 5.01 Å². The number of benzene rings is 1. The number of aromatic nitrogens is 1. The van der Waals surface area contributed by atoms with Gasteiger partial charge in [0.1, 0.15) is 6.10 Å². The van der Waals surface area contributed by atoms with Crippen LogP contribution in [0.1, 0.15) is 20.8 Å². The summed E-state index contributed by atoms with van der Waals surface area (Å²) in [4.78, 5) is 17.1. The third-order valence-corrected chi connectivity index (χ3v) is 5.23. The number of carbonyl (C=O) groups is 1. The topological polar surface area (TPSA) is 62.2 Å². The van der Waals surface area contributed by atoms with Crippen molar-refractivity contribution in [2.24, 2.45) is 0 Å². The van der Waals surface area contributed by atoms with E-state index in [0.29, 0.717) is 9.34 Å². The van der Waals surface area contributed by atoms with Crippen molar-refractivity contribution in [1.82, 2.24) is 10.3 Å². The van der Waals surface area contributed by atoms with Crippen molar-refractivity contribution in [3.63, 3.8) is 0 Å². The number of fused-ring (bicyclic) bond motifs is 1. The van der Waals surface area contributed by atoms with Gasteiger partial charge in [-0.2, -0.15) is 0 Å². The maximum Gasteiger partial charge on any atom is 0.280 e. The summed E-state index contributed by atoms with van der Waals surface area (Å²) in [6.07, 6.45) is -0.763. The lowest BCUT2D eigenvalue weighted by atomic mass is 10.3. The van der Waals surface area contributed by atoms with E-state index in [1.54, 1.807) is 12.1 Å². The number of nitrogens with zero attached hydrogens (tertiary/aromatic N) is 1. The Morgan fingerprint density at radius 1 is 1.29 bits per heavy atom. The SMILES string of the molecule is O=C(NCC(O)c1ccc(Cl)s1)c1nc2ccccc2s1. The molecule has 0 saturated heterocycles. The normalized spacial score (nSPS) is 12.5. The zero-order valence-corrected chi connectivity index (χ0v) is 13.1. The van der Waals surface area contributed by atoms with Gasteiger partial charge in [-0.15, -0.1) is 22.7 Å². The van der Waals surface area contributed by atoms with Crippen LogP contribution >= 0.6 is 34.3 Å². The van der Waals surface area contributed by atoms with Gasteiger partial charge < -0.3 is 10.4 Å². The maximum absolute atomic E-state index is 12.1. The minimum absolute atomic E-state index is 0.131. The predicted molar refractivity (Wildman–Crippen MR) is 86.2 cm³/mol. The second kappa shape index (κ2) is 6.11. The maximum atomic E-state index is 12.1. The summed E-state index contributed by atoms with van der Waals surface area (Å²) < 4.78 is 1.58. The van der Waals surface area contributed by atoms with Gasteiger partial charge >= 0.3 is 0 Å². The Labute approximate surface area is 134 Å². The summed E-state index contributed by atoms with van der Waals surface area (Å²) in [6.45, 7) is 0.131. The van der Waals surface area contributed by atoms with E-state index in [9.17, 15) is 9.90 Å². The molecule has 2 aromatic heterocycles. The van der Waals surface area contributed by atoms with Crippen LogP contribution in [0, 0.1) is 0 Å². The van der Waals surface area contributed by atoms with Crippen LogP contribution in [0.4, 0.5) is 0 Å². The van der Waals surface area contributed by atoms with Crippen LogP contribution in [-0.4, -0.2) is 22.5 Å². The first-order valence-electron chi connectivity index (χ1n) is 6.20. The molecule has 1 unspecified atom stereocenters. The van der Waals surface area contributed by atoms with Crippen molar-refractivity contribution in [3.8, 4) is 0 Å². The Hall–Kier alpha value is -1.47. The predicted octanol–water partition coefficient (Wildman–Crippen LogP) is 3.47. The molecule has 0 aliphatic rings. The zero-order valence-electron chi connectivity index (χ0n) is 10.7. The fourth-order valence-electron chi connectivity index (χ4n) is 1.84. The Morgan fingerprint density at radius 3 is 2.81 bits per heavy atom. The van der Waals surface area contributed by atoms with Crippen molar-refractivity contribution >= 4 is 50.4 Å². The number of hydrogen-bond donors (Lipinski definition) is 2. The molecule has 108 valence electrons.